The Labute approximate surface area is 174 Å². The molecule has 1 N–H and O–H groups in total. The number of amides is 1. The van der Waals surface area contributed by atoms with Crippen LogP contribution >= 0.6 is 0 Å². The molecule has 0 radical (unpaired) electrons. The van der Waals surface area contributed by atoms with Crippen LogP contribution in [0.5, 0.6) is 0 Å². The number of halogens is 4. The van der Waals surface area contributed by atoms with Crippen LogP contribution in [0.3, 0.4) is 0 Å². The summed E-state index contributed by atoms with van der Waals surface area (Å²) in [5.41, 5.74) is -0.362. The van der Waals surface area contributed by atoms with Crippen LogP contribution in [0.15, 0.2) is 54.6 Å². The van der Waals surface area contributed by atoms with E-state index in [0.717, 1.165) is 12.1 Å². The van der Waals surface area contributed by atoms with Crippen molar-refractivity contribution in [1.29, 1.82) is 0 Å². The fourth-order valence-electron chi connectivity index (χ4n) is 3.41. The Morgan fingerprint density at radius 1 is 1.03 bits per heavy atom. The summed E-state index contributed by atoms with van der Waals surface area (Å²) < 4.78 is 57.5. The van der Waals surface area contributed by atoms with Crippen molar-refractivity contribution in [2.24, 2.45) is 7.05 Å². The molecule has 0 saturated heterocycles. The highest BCUT2D eigenvalue weighted by molar-refractivity contribution is 5.97. The molecule has 4 rings (SSSR count). The van der Waals surface area contributed by atoms with Crippen LogP contribution in [0.2, 0.25) is 0 Å². The predicted molar refractivity (Wildman–Crippen MR) is 108 cm³/mol. The second-order valence-electron chi connectivity index (χ2n) is 6.86. The molecular weight excluding hydrogens is 412 g/mol. The fraction of sp³-hybridized carbons (Fsp3) is 0.136. The minimum Gasteiger partial charge on any atom is -0.355 e. The Morgan fingerprint density at radius 3 is 2.39 bits per heavy atom. The van der Waals surface area contributed by atoms with Crippen molar-refractivity contribution in [2.45, 2.75) is 6.18 Å². The first-order valence-corrected chi connectivity index (χ1v) is 9.23. The number of nitrogens with zero attached hydrogens (tertiary/aromatic N) is 3. The van der Waals surface area contributed by atoms with Crippen molar-refractivity contribution in [2.75, 3.05) is 7.05 Å². The van der Waals surface area contributed by atoms with Gasteiger partial charge in [-0.15, -0.1) is 0 Å². The molecule has 0 saturated carbocycles. The smallest absolute Gasteiger partial charge is 0.355 e. The highest BCUT2D eigenvalue weighted by Gasteiger charge is 2.36. The standard InChI is InChI=1S/C22H16F4N4O/c1-27-21(31)14-10-13(8-9-16(14)23)17-11-15(22(24,25)26)18-19(12-6-4-3-5-7-12)29-30(2)20(18)28-17/h3-11H,1-2H3,(H,27,31). The Hall–Kier alpha value is -3.75. The number of fused-ring (bicyclic) bond motifs is 1. The number of nitrogens with one attached hydrogen (secondary N) is 1. The van der Waals surface area contributed by atoms with Gasteiger partial charge in [0.15, 0.2) is 5.65 Å². The van der Waals surface area contributed by atoms with Crippen LogP contribution in [0.4, 0.5) is 17.6 Å². The molecule has 31 heavy (non-hydrogen) atoms. The second-order valence-corrected chi connectivity index (χ2v) is 6.86. The number of rotatable bonds is 3. The maximum atomic E-state index is 14.1. The number of hydrogen-bond acceptors (Lipinski definition) is 3. The molecular formula is C22H16F4N4O. The lowest BCUT2D eigenvalue weighted by Crippen LogP contribution is -2.19. The third-order valence-electron chi connectivity index (χ3n) is 4.88. The number of benzene rings is 2. The van der Waals surface area contributed by atoms with Gasteiger partial charge in [-0.25, -0.2) is 14.1 Å². The third-order valence-corrected chi connectivity index (χ3v) is 4.88. The Balaban J connectivity index is 2.01. The molecule has 0 bridgehead atoms. The maximum absolute atomic E-state index is 14.1. The lowest BCUT2D eigenvalue weighted by molar-refractivity contribution is -0.136. The van der Waals surface area contributed by atoms with Gasteiger partial charge in [-0.05, 0) is 24.3 Å². The minimum absolute atomic E-state index is 0.0227. The largest absolute Gasteiger partial charge is 0.417 e. The quantitative estimate of drug-likeness (QED) is 0.476. The molecule has 0 fully saturated rings. The van der Waals surface area contributed by atoms with Gasteiger partial charge in [-0.1, -0.05) is 30.3 Å². The Kier molecular flexibility index (Phi) is 4.96. The molecule has 2 aromatic heterocycles. The van der Waals surface area contributed by atoms with Crippen LogP contribution in [0.25, 0.3) is 33.5 Å². The molecule has 0 atom stereocenters. The minimum atomic E-state index is -4.69. The molecule has 0 aliphatic heterocycles. The monoisotopic (exact) mass is 428 g/mol. The number of aromatic nitrogens is 3. The summed E-state index contributed by atoms with van der Waals surface area (Å²) in [7, 11) is 2.84. The van der Waals surface area contributed by atoms with E-state index in [2.05, 4.69) is 15.4 Å². The average Bonchev–Trinajstić information content (AvgIpc) is 3.09. The van der Waals surface area contributed by atoms with Crippen LogP contribution in [-0.4, -0.2) is 27.7 Å². The van der Waals surface area contributed by atoms with Crippen LogP contribution in [0, 0.1) is 5.82 Å². The molecule has 0 aliphatic rings. The normalized spacial score (nSPS) is 11.7. The summed E-state index contributed by atoms with van der Waals surface area (Å²) in [5, 5.41) is 6.45. The van der Waals surface area contributed by atoms with Gasteiger partial charge in [0, 0.05) is 25.2 Å². The molecule has 5 nitrogen and oxygen atoms in total. The summed E-state index contributed by atoms with van der Waals surface area (Å²) in [6.07, 6.45) is -4.69. The van der Waals surface area contributed by atoms with Crippen molar-refractivity contribution in [3.05, 3.63) is 71.5 Å². The topological polar surface area (TPSA) is 59.8 Å². The highest BCUT2D eigenvalue weighted by atomic mass is 19.4. The van der Waals surface area contributed by atoms with Gasteiger partial charge in [0.2, 0.25) is 0 Å². The molecule has 9 heteroatoms. The van der Waals surface area contributed by atoms with E-state index >= 15 is 0 Å². The first kappa shape index (κ1) is 20.5. The van der Waals surface area contributed by atoms with Crippen molar-refractivity contribution < 1.29 is 22.4 Å². The van der Waals surface area contributed by atoms with Gasteiger partial charge in [0.1, 0.15) is 11.5 Å². The van der Waals surface area contributed by atoms with Crippen LogP contribution < -0.4 is 5.32 Å². The van der Waals surface area contributed by atoms with Crippen LogP contribution in [0.1, 0.15) is 15.9 Å². The lowest BCUT2D eigenvalue weighted by atomic mass is 10.0. The predicted octanol–water partition coefficient (Wildman–Crippen LogP) is 4.82. The van der Waals surface area contributed by atoms with E-state index < -0.39 is 23.5 Å². The van der Waals surface area contributed by atoms with Crippen molar-refractivity contribution in [3.63, 3.8) is 0 Å². The van der Waals surface area contributed by atoms with Gasteiger partial charge < -0.3 is 5.32 Å². The summed E-state index contributed by atoms with van der Waals surface area (Å²) >= 11 is 0. The van der Waals surface area contributed by atoms with Gasteiger partial charge in [0.25, 0.3) is 5.91 Å². The van der Waals surface area contributed by atoms with Crippen molar-refractivity contribution in [3.8, 4) is 22.5 Å². The van der Waals surface area contributed by atoms with Crippen molar-refractivity contribution >= 4 is 16.9 Å². The molecule has 2 aromatic carbocycles. The van der Waals surface area contributed by atoms with E-state index in [1.807, 2.05) is 0 Å². The summed E-state index contributed by atoms with van der Waals surface area (Å²) in [6, 6.07) is 12.9. The van der Waals surface area contributed by atoms with E-state index in [1.54, 1.807) is 30.3 Å². The Morgan fingerprint density at radius 2 is 1.74 bits per heavy atom. The molecule has 0 spiro atoms. The summed E-state index contributed by atoms with van der Waals surface area (Å²) in [4.78, 5) is 16.3. The average molecular weight is 428 g/mol. The van der Waals surface area contributed by atoms with E-state index in [-0.39, 0.29) is 33.5 Å². The van der Waals surface area contributed by atoms with Gasteiger partial charge in [-0.3, -0.25) is 4.79 Å². The number of aryl methyl sites for hydroxylation is 1. The van der Waals surface area contributed by atoms with Gasteiger partial charge in [-0.2, -0.15) is 18.3 Å². The molecule has 158 valence electrons. The fourth-order valence-corrected chi connectivity index (χ4v) is 3.41. The maximum Gasteiger partial charge on any atom is 0.417 e. The Bertz CT molecular complexity index is 1300. The number of carbonyl (C=O) groups is 1. The molecule has 2 heterocycles. The van der Waals surface area contributed by atoms with E-state index in [0.29, 0.717) is 5.56 Å². The zero-order valence-corrected chi connectivity index (χ0v) is 16.5. The molecule has 4 aromatic rings. The van der Waals surface area contributed by atoms with E-state index in [1.165, 1.54) is 30.9 Å². The number of alkyl halides is 3. The number of carbonyl (C=O) groups excluding carboxylic acids is 1. The number of pyridine rings is 1. The van der Waals surface area contributed by atoms with Gasteiger partial charge in [0.05, 0.1) is 22.2 Å². The SMILES string of the molecule is CNC(=O)c1cc(-c2cc(C(F)(F)F)c3c(-c4ccccc4)nn(C)c3n2)ccc1F. The zero-order valence-electron chi connectivity index (χ0n) is 16.5. The van der Waals surface area contributed by atoms with Gasteiger partial charge >= 0.3 is 6.18 Å². The molecule has 1 amide bonds. The molecule has 0 aliphatic carbocycles. The van der Waals surface area contributed by atoms with E-state index in [9.17, 15) is 22.4 Å². The first-order chi connectivity index (χ1) is 14.7. The summed E-state index contributed by atoms with van der Waals surface area (Å²) in [6.45, 7) is 0. The first-order valence-electron chi connectivity index (χ1n) is 9.23. The van der Waals surface area contributed by atoms with E-state index in [4.69, 9.17) is 0 Å². The second kappa shape index (κ2) is 7.50. The zero-order chi connectivity index (χ0) is 22.3. The summed E-state index contributed by atoms with van der Waals surface area (Å²) in [5.74, 6) is -1.48. The highest BCUT2D eigenvalue weighted by Crippen LogP contribution is 2.40. The lowest BCUT2D eigenvalue weighted by Gasteiger charge is -2.12. The number of hydrogen-bond donors (Lipinski definition) is 1. The van der Waals surface area contributed by atoms with Crippen LogP contribution in [-0.2, 0) is 13.2 Å². The molecule has 0 unspecified atom stereocenters. The third kappa shape index (κ3) is 3.63. The van der Waals surface area contributed by atoms with Crippen molar-refractivity contribution in [1.82, 2.24) is 20.1 Å².